The van der Waals surface area contributed by atoms with Crippen LogP contribution in [0.25, 0.3) is 5.65 Å². The van der Waals surface area contributed by atoms with Crippen LogP contribution in [0.2, 0.25) is 0 Å². The van der Waals surface area contributed by atoms with Gasteiger partial charge in [-0.2, -0.15) is 0 Å². The minimum atomic E-state index is -0.796. The second-order valence-electron chi connectivity index (χ2n) is 11.4. The Balaban J connectivity index is 1.32. The Labute approximate surface area is 231 Å². The minimum absolute atomic E-state index is 0.0491. The normalized spacial score (nSPS) is 17.6. The van der Waals surface area contributed by atoms with Crippen molar-refractivity contribution in [2.75, 3.05) is 24.5 Å². The first kappa shape index (κ1) is 27.4. The lowest BCUT2D eigenvalue weighted by molar-refractivity contribution is -0.118. The fraction of sp³-hybridized carbons (Fsp3) is 0.531. The number of hydrogen-bond donors (Lipinski definition) is 1. The van der Waals surface area contributed by atoms with Crippen LogP contribution in [0.4, 0.5) is 5.82 Å². The molecule has 3 aromatic rings. The first-order chi connectivity index (χ1) is 18.9. The Hall–Kier alpha value is -3.19. The molecule has 0 bridgehead atoms. The molecule has 1 N–H and O–H groups in total. The van der Waals surface area contributed by atoms with E-state index < -0.39 is 5.60 Å². The van der Waals surface area contributed by atoms with Crippen molar-refractivity contribution in [2.45, 2.75) is 83.7 Å². The van der Waals surface area contributed by atoms with Crippen molar-refractivity contribution in [2.24, 2.45) is 5.92 Å². The van der Waals surface area contributed by atoms with Gasteiger partial charge < -0.3 is 10.0 Å². The highest BCUT2D eigenvalue weighted by molar-refractivity contribution is 5.96. The van der Waals surface area contributed by atoms with E-state index in [2.05, 4.69) is 6.92 Å². The van der Waals surface area contributed by atoms with Crippen LogP contribution in [0.3, 0.4) is 0 Å². The summed E-state index contributed by atoms with van der Waals surface area (Å²) in [7, 11) is 0. The van der Waals surface area contributed by atoms with Gasteiger partial charge in [-0.05, 0) is 56.2 Å². The third kappa shape index (κ3) is 6.03. The number of fused-ring (bicyclic) bond motifs is 1. The van der Waals surface area contributed by atoms with Gasteiger partial charge in [0.2, 0.25) is 5.91 Å². The van der Waals surface area contributed by atoms with Gasteiger partial charge in [0.1, 0.15) is 11.5 Å². The second kappa shape index (κ2) is 11.9. The number of rotatable bonds is 9. The van der Waals surface area contributed by atoms with E-state index in [1.807, 2.05) is 69.8 Å². The van der Waals surface area contributed by atoms with Gasteiger partial charge in [0.15, 0.2) is 0 Å². The molecule has 1 saturated carbocycles. The van der Waals surface area contributed by atoms with Gasteiger partial charge in [-0.3, -0.25) is 18.9 Å². The van der Waals surface area contributed by atoms with Crippen molar-refractivity contribution in [1.82, 2.24) is 14.3 Å². The zero-order valence-electron chi connectivity index (χ0n) is 23.4. The highest BCUT2D eigenvalue weighted by Crippen LogP contribution is 2.31. The maximum Gasteiger partial charge on any atom is 0.255 e. The fourth-order valence-corrected chi connectivity index (χ4v) is 6.40. The summed E-state index contributed by atoms with van der Waals surface area (Å²) in [6.07, 6.45) is 10.8. The molecule has 0 unspecified atom stereocenters. The SMILES string of the molecule is CCc1nc2ccc(C(=O)N3CCC(O)(Cc4ccccc4)CC3)cn2c1N(CC)C(=O)CCC1CCCC1. The Morgan fingerprint density at radius 2 is 1.77 bits per heavy atom. The number of imidazole rings is 1. The van der Waals surface area contributed by atoms with Crippen molar-refractivity contribution >= 4 is 23.3 Å². The number of carbonyl (C=O) groups is 2. The predicted octanol–water partition coefficient (Wildman–Crippen LogP) is 5.43. The summed E-state index contributed by atoms with van der Waals surface area (Å²) in [6, 6.07) is 13.7. The number of likely N-dealkylation sites (tertiary alicyclic amines) is 1. The van der Waals surface area contributed by atoms with Crippen molar-refractivity contribution in [3.05, 3.63) is 65.5 Å². The number of nitrogens with zero attached hydrogens (tertiary/aromatic N) is 4. The summed E-state index contributed by atoms with van der Waals surface area (Å²) in [5, 5.41) is 11.2. The van der Waals surface area contributed by atoms with Gasteiger partial charge in [0.05, 0.1) is 16.9 Å². The Kier molecular flexibility index (Phi) is 8.36. The van der Waals surface area contributed by atoms with E-state index in [1.165, 1.54) is 25.7 Å². The first-order valence-corrected chi connectivity index (χ1v) is 14.8. The van der Waals surface area contributed by atoms with Gasteiger partial charge in [-0.15, -0.1) is 0 Å². The summed E-state index contributed by atoms with van der Waals surface area (Å²) in [5.41, 5.74) is 2.52. The zero-order chi connectivity index (χ0) is 27.4. The highest BCUT2D eigenvalue weighted by atomic mass is 16.3. The van der Waals surface area contributed by atoms with Crippen LogP contribution in [0, 0.1) is 5.92 Å². The Bertz CT molecular complexity index is 1290. The van der Waals surface area contributed by atoms with Crippen LogP contribution in [-0.4, -0.2) is 56.4 Å². The van der Waals surface area contributed by atoms with Crippen molar-refractivity contribution in [3.8, 4) is 0 Å². The Morgan fingerprint density at radius 1 is 1.05 bits per heavy atom. The average molecular weight is 531 g/mol. The number of anilines is 1. The van der Waals surface area contributed by atoms with Gasteiger partial charge in [-0.1, -0.05) is 62.9 Å². The molecule has 7 nitrogen and oxygen atoms in total. The van der Waals surface area contributed by atoms with E-state index in [-0.39, 0.29) is 11.8 Å². The largest absolute Gasteiger partial charge is 0.389 e. The Morgan fingerprint density at radius 3 is 2.44 bits per heavy atom. The van der Waals surface area contributed by atoms with Crippen molar-refractivity contribution < 1.29 is 14.7 Å². The zero-order valence-corrected chi connectivity index (χ0v) is 23.4. The summed E-state index contributed by atoms with van der Waals surface area (Å²) in [4.78, 5) is 35.4. The molecule has 1 saturated heterocycles. The molecule has 39 heavy (non-hydrogen) atoms. The maximum atomic E-state index is 13.6. The molecule has 208 valence electrons. The molecule has 2 fully saturated rings. The maximum absolute atomic E-state index is 13.6. The quantitative estimate of drug-likeness (QED) is 0.400. The van der Waals surface area contributed by atoms with Crippen LogP contribution in [0.1, 0.15) is 86.8 Å². The van der Waals surface area contributed by atoms with E-state index in [4.69, 9.17) is 4.98 Å². The molecular weight excluding hydrogens is 488 g/mol. The van der Waals surface area contributed by atoms with E-state index in [0.717, 1.165) is 29.1 Å². The summed E-state index contributed by atoms with van der Waals surface area (Å²) in [6.45, 7) is 5.65. The molecule has 5 rings (SSSR count). The predicted molar refractivity (Wildman–Crippen MR) is 154 cm³/mol. The molecule has 3 heterocycles. The lowest BCUT2D eigenvalue weighted by Crippen LogP contribution is -2.47. The van der Waals surface area contributed by atoms with E-state index >= 15 is 0 Å². The van der Waals surface area contributed by atoms with Crippen LogP contribution in [0.5, 0.6) is 0 Å². The lowest BCUT2D eigenvalue weighted by atomic mass is 9.85. The molecule has 1 aromatic carbocycles. The molecular formula is C32H42N4O3. The molecule has 2 aliphatic rings. The number of aliphatic hydroxyl groups is 1. The van der Waals surface area contributed by atoms with E-state index in [0.29, 0.717) is 63.2 Å². The van der Waals surface area contributed by atoms with E-state index in [1.54, 1.807) is 0 Å². The lowest BCUT2D eigenvalue weighted by Gasteiger charge is -2.38. The molecule has 1 aliphatic heterocycles. The fourth-order valence-electron chi connectivity index (χ4n) is 6.40. The smallest absolute Gasteiger partial charge is 0.255 e. The molecule has 0 radical (unpaired) electrons. The average Bonchev–Trinajstić information content (AvgIpc) is 3.60. The first-order valence-electron chi connectivity index (χ1n) is 14.8. The number of aryl methyl sites for hydroxylation is 1. The topological polar surface area (TPSA) is 78.2 Å². The number of pyridine rings is 1. The molecule has 7 heteroatoms. The van der Waals surface area contributed by atoms with E-state index in [9.17, 15) is 14.7 Å². The van der Waals surface area contributed by atoms with Gasteiger partial charge in [0.25, 0.3) is 5.91 Å². The van der Waals surface area contributed by atoms with Gasteiger partial charge >= 0.3 is 0 Å². The number of piperidine rings is 1. The highest BCUT2D eigenvalue weighted by Gasteiger charge is 2.34. The summed E-state index contributed by atoms with van der Waals surface area (Å²) < 4.78 is 1.93. The number of hydrogen-bond acceptors (Lipinski definition) is 4. The van der Waals surface area contributed by atoms with Crippen LogP contribution in [-0.2, 0) is 17.6 Å². The molecule has 1 aliphatic carbocycles. The van der Waals surface area contributed by atoms with Crippen molar-refractivity contribution in [3.63, 3.8) is 0 Å². The monoisotopic (exact) mass is 530 g/mol. The summed E-state index contributed by atoms with van der Waals surface area (Å²) in [5.74, 6) is 1.54. The number of carbonyl (C=O) groups excluding carboxylic acids is 2. The van der Waals surface area contributed by atoms with Crippen LogP contribution in [0.15, 0.2) is 48.7 Å². The third-order valence-electron chi connectivity index (χ3n) is 8.72. The number of amides is 2. The molecule has 2 amide bonds. The van der Waals surface area contributed by atoms with Crippen LogP contribution >= 0.6 is 0 Å². The van der Waals surface area contributed by atoms with Crippen LogP contribution < -0.4 is 4.90 Å². The van der Waals surface area contributed by atoms with Gasteiger partial charge in [-0.25, -0.2) is 4.98 Å². The standard InChI is InChI=1S/C32H42N4O3/c1-3-27-30(35(4-2)29(37)17-14-24-10-8-9-11-24)36-23-26(15-16-28(36)33-27)31(38)34-20-18-32(39,19-21-34)22-25-12-6-5-7-13-25/h5-7,12-13,15-16,23-24,39H,3-4,8-11,14,17-22H2,1-2H3. The molecule has 0 atom stereocenters. The van der Waals surface area contributed by atoms with Crippen molar-refractivity contribution in [1.29, 1.82) is 0 Å². The number of aromatic nitrogens is 2. The number of benzene rings is 1. The third-order valence-corrected chi connectivity index (χ3v) is 8.72. The molecule has 2 aromatic heterocycles. The minimum Gasteiger partial charge on any atom is -0.389 e. The van der Waals surface area contributed by atoms with Gasteiger partial charge in [0, 0.05) is 38.7 Å². The summed E-state index contributed by atoms with van der Waals surface area (Å²) >= 11 is 0. The second-order valence-corrected chi connectivity index (χ2v) is 11.4. The molecule has 0 spiro atoms.